The highest BCUT2D eigenvalue weighted by molar-refractivity contribution is 5.79. The summed E-state index contributed by atoms with van der Waals surface area (Å²) in [7, 11) is 0. The summed E-state index contributed by atoms with van der Waals surface area (Å²) < 4.78 is 512. The summed E-state index contributed by atoms with van der Waals surface area (Å²) in [6.45, 7) is 0. The van der Waals surface area contributed by atoms with E-state index in [0.29, 0.717) is 0 Å². The van der Waals surface area contributed by atoms with Crippen molar-refractivity contribution in [1.29, 1.82) is 0 Å². The maximum atomic E-state index is 14.7. The molecule has 0 amide bonds. The van der Waals surface area contributed by atoms with Gasteiger partial charge in [-0.3, -0.25) is 18.9 Å². The van der Waals surface area contributed by atoms with Crippen molar-refractivity contribution in [3.63, 3.8) is 0 Å². The predicted octanol–water partition coefficient (Wildman–Crippen LogP) is 11.0. The lowest BCUT2D eigenvalue weighted by Gasteiger charge is -2.42. The minimum absolute atomic E-state index is 0.890. The van der Waals surface area contributed by atoms with Crippen LogP contribution in [0.15, 0.2) is 0 Å². The maximum absolute atomic E-state index is 14.7. The quantitative estimate of drug-likeness (QED) is 0.0858. The number of hydrogen-bond donors (Lipinski definition) is 0. The molecular formula is C20F38O8. The molecule has 0 fully saturated rings. The van der Waals surface area contributed by atoms with Crippen LogP contribution in [0.1, 0.15) is 0 Å². The van der Waals surface area contributed by atoms with E-state index in [9.17, 15) is 176 Å². The van der Waals surface area contributed by atoms with Crippen molar-refractivity contribution in [3.05, 3.63) is 0 Å². The summed E-state index contributed by atoms with van der Waals surface area (Å²) in [5.41, 5.74) is 0. The van der Waals surface area contributed by atoms with E-state index in [0.717, 1.165) is 28.4 Å². The Morgan fingerprint density at radius 3 is 0.606 bits per heavy atom. The molecule has 46 heteroatoms. The standard InChI is InChI=1S/C20F38O8/c21-3(9(29,30)31,63-16(50,51)5(23,24)11(35,36)37)1(59)61-18(54,55)7(27,13(41,42)43)65-20(58,15(47,48)49)66-8(28,14(44,45)46)19(56,57)62-2(60)4(22,10(32,33)34)64-17(52,53)6(25,26)12(38,39)40. The Morgan fingerprint density at radius 2 is 0.455 bits per heavy atom. The van der Waals surface area contributed by atoms with Gasteiger partial charge in [0.25, 0.3) is 0 Å². The summed E-state index contributed by atoms with van der Waals surface area (Å²) >= 11 is 0. The summed E-state index contributed by atoms with van der Waals surface area (Å²) in [5.74, 6) is -64.6. The van der Waals surface area contributed by atoms with Gasteiger partial charge in [-0.1, -0.05) is 0 Å². The van der Waals surface area contributed by atoms with Crippen LogP contribution >= 0.6 is 0 Å². The van der Waals surface area contributed by atoms with Crippen LogP contribution in [0.25, 0.3) is 0 Å². The van der Waals surface area contributed by atoms with Crippen molar-refractivity contribution in [1.82, 2.24) is 0 Å². The average molecular weight is 1090 g/mol. The van der Waals surface area contributed by atoms with Crippen LogP contribution in [-0.4, -0.2) is 121 Å². The fourth-order valence-corrected chi connectivity index (χ4v) is 2.80. The smallest absolute Gasteiger partial charge is 0.392 e. The largest absolute Gasteiger partial charge is 0.478 e. The number of alkyl halides is 38. The molecule has 0 saturated heterocycles. The predicted molar refractivity (Wildman–Crippen MR) is 108 cm³/mol. The Labute approximate surface area is 327 Å². The zero-order valence-electron chi connectivity index (χ0n) is 27.6. The molecule has 0 saturated carbocycles. The Balaban J connectivity index is 7.93. The van der Waals surface area contributed by atoms with Gasteiger partial charge in [-0.15, -0.1) is 0 Å². The lowest BCUT2D eigenvalue weighted by Crippen LogP contribution is -2.70. The van der Waals surface area contributed by atoms with E-state index < -0.39 is 121 Å². The van der Waals surface area contributed by atoms with Crippen LogP contribution in [0, 0.1) is 0 Å². The van der Waals surface area contributed by atoms with Crippen molar-refractivity contribution in [2.75, 3.05) is 0 Å². The molecule has 394 valence electrons. The van der Waals surface area contributed by atoms with E-state index in [-0.39, 0.29) is 0 Å². The summed E-state index contributed by atoms with van der Waals surface area (Å²) in [4.78, 5) is 22.6. The van der Waals surface area contributed by atoms with E-state index in [4.69, 9.17) is 0 Å². The number of halogens is 38. The molecule has 4 unspecified atom stereocenters. The van der Waals surface area contributed by atoms with Gasteiger partial charge in [-0.05, 0) is 0 Å². The van der Waals surface area contributed by atoms with E-state index in [2.05, 4.69) is 0 Å². The maximum Gasteiger partial charge on any atom is 0.478 e. The van der Waals surface area contributed by atoms with Gasteiger partial charge < -0.3 is 9.47 Å². The first-order valence-electron chi connectivity index (χ1n) is 13.3. The first-order chi connectivity index (χ1) is 27.8. The van der Waals surface area contributed by atoms with Gasteiger partial charge in [-0.25, -0.2) is 9.59 Å². The number of esters is 2. The molecule has 0 aromatic carbocycles. The molecular weight excluding hydrogens is 1090 g/mol. The highest BCUT2D eigenvalue weighted by Gasteiger charge is 2.89. The average Bonchev–Trinajstić information content (AvgIpc) is 2.99. The first kappa shape index (κ1) is 62.1. The second-order valence-corrected chi connectivity index (χ2v) is 10.8. The Bertz CT molecular complexity index is 1630. The molecule has 0 spiro atoms. The lowest BCUT2D eigenvalue weighted by atomic mass is 10.2. The van der Waals surface area contributed by atoms with Crippen LogP contribution in [0.5, 0.6) is 0 Å². The van der Waals surface area contributed by atoms with Gasteiger partial charge in [-0.2, -0.15) is 167 Å². The Hall–Kier alpha value is -3.88. The van der Waals surface area contributed by atoms with Crippen molar-refractivity contribution >= 4 is 11.9 Å². The molecule has 4 atom stereocenters. The molecule has 0 aliphatic carbocycles. The van der Waals surface area contributed by atoms with Gasteiger partial charge in [0, 0.05) is 0 Å². The van der Waals surface area contributed by atoms with Crippen LogP contribution in [-0.2, 0) is 38.0 Å². The molecule has 0 N–H and O–H groups in total. The molecule has 0 rings (SSSR count). The molecule has 0 bridgehead atoms. The summed E-state index contributed by atoms with van der Waals surface area (Å²) in [6, 6.07) is -9.35. The van der Waals surface area contributed by atoms with E-state index in [1.807, 2.05) is 0 Å². The van der Waals surface area contributed by atoms with Crippen molar-refractivity contribution in [3.8, 4) is 0 Å². The number of carbonyl (C=O) groups excluding carboxylic acids is 2. The Morgan fingerprint density at radius 1 is 0.242 bits per heavy atom. The first-order valence-corrected chi connectivity index (χ1v) is 13.3. The highest BCUT2D eigenvalue weighted by Crippen LogP contribution is 2.59. The molecule has 0 aromatic heterocycles. The summed E-state index contributed by atoms with van der Waals surface area (Å²) in [5, 5.41) is 0. The Kier molecular flexibility index (Phi) is 15.4. The third-order valence-corrected chi connectivity index (χ3v) is 6.04. The number of hydrogen-bond acceptors (Lipinski definition) is 8. The zero-order chi connectivity index (χ0) is 54.4. The van der Waals surface area contributed by atoms with E-state index >= 15 is 0 Å². The zero-order valence-corrected chi connectivity index (χ0v) is 27.6. The second-order valence-electron chi connectivity index (χ2n) is 10.8. The molecule has 0 radical (unpaired) electrons. The van der Waals surface area contributed by atoms with Gasteiger partial charge in [0.2, 0.25) is 0 Å². The molecule has 0 aliphatic heterocycles. The van der Waals surface area contributed by atoms with Crippen molar-refractivity contribution in [2.45, 2.75) is 109 Å². The normalized spacial score (nSPS) is 20.0. The van der Waals surface area contributed by atoms with Crippen molar-refractivity contribution in [2.24, 2.45) is 0 Å². The lowest BCUT2D eigenvalue weighted by molar-refractivity contribution is -0.589. The third kappa shape index (κ3) is 10.6. The number of rotatable bonds is 16. The fraction of sp³-hybridized carbons (Fsp3) is 0.900. The molecule has 66 heavy (non-hydrogen) atoms. The number of ether oxygens (including phenoxy) is 6. The van der Waals surface area contributed by atoms with E-state index in [1.54, 1.807) is 0 Å². The minimum Gasteiger partial charge on any atom is -0.392 e. The van der Waals surface area contributed by atoms with Crippen LogP contribution in [0.2, 0.25) is 0 Å². The van der Waals surface area contributed by atoms with Gasteiger partial charge in [0.1, 0.15) is 0 Å². The topological polar surface area (TPSA) is 89.5 Å². The van der Waals surface area contributed by atoms with E-state index in [1.165, 1.54) is 0 Å². The molecule has 0 heterocycles. The highest BCUT2D eigenvalue weighted by atomic mass is 19.5. The fourth-order valence-electron chi connectivity index (χ4n) is 2.80. The molecule has 0 aromatic rings. The molecule has 0 aliphatic rings. The monoisotopic (exact) mass is 1090 g/mol. The minimum atomic E-state index is -9.41. The summed E-state index contributed by atoms with van der Waals surface area (Å²) in [6.07, 6.45) is -95.6. The number of carbonyl (C=O) groups is 2. The van der Waals surface area contributed by atoms with Gasteiger partial charge in [0.05, 0.1) is 0 Å². The molecule has 8 nitrogen and oxygen atoms in total. The van der Waals surface area contributed by atoms with Crippen LogP contribution < -0.4 is 0 Å². The second kappa shape index (κ2) is 16.4. The van der Waals surface area contributed by atoms with Crippen LogP contribution in [0.3, 0.4) is 0 Å². The third-order valence-electron chi connectivity index (χ3n) is 6.04. The SMILES string of the molecule is O=C(OC(F)(F)C(F)(OC(F)(OC(F)(C(F)(F)F)C(F)(F)OC(=O)C(F)(OC(F)(F)C(F)(F)C(F)(F)F)C(F)(F)F)C(F)(F)F)C(F)(F)F)C(F)(OC(F)(F)C(F)(F)C(F)(F)F)C(F)(F)F. The van der Waals surface area contributed by atoms with Gasteiger partial charge in [0.15, 0.2) is 0 Å². The van der Waals surface area contributed by atoms with Crippen molar-refractivity contribution < 1.29 is 205 Å². The van der Waals surface area contributed by atoms with Crippen LogP contribution in [0.4, 0.5) is 167 Å². The van der Waals surface area contributed by atoms with Gasteiger partial charge >= 0.3 is 121 Å².